The fourth-order valence-electron chi connectivity index (χ4n) is 1.40. The fraction of sp³-hybridized carbons (Fsp3) is 0.364. The van der Waals surface area contributed by atoms with Gasteiger partial charge in [0, 0.05) is 6.54 Å². The number of hydrogen-bond donors (Lipinski definition) is 2. The molecule has 3 N–H and O–H groups in total. The zero-order valence-electron chi connectivity index (χ0n) is 8.76. The molecule has 1 rings (SSSR count). The molecule has 0 amide bonds. The molecule has 0 heterocycles. The van der Waals surface area contributed by atoms with Gasteiger partial charge in [-0.15, -0.1) is 0 Å². The number of carboxylic acids is 1. The number of hydrogen-bond acceptors (Lipinski definition) is 3. The predicted octanol–water partition coefficient (Wildman–Crippen LogP) is 0.878. The summed E-state index contributed by atoms with van der Waals surface area (Å²) in [6.45, 7) is 2.35. The van der Waals surface area contributed by atoms with Crippen LogP contribution in [0.4, 0.5) is 0 Å². The van der Waals surface area contributed by atoms with E-state index in [2.05, 4.69) is 0 Å². The molecule has 15 heavy (non-hydrogen) atoms. The summed E-state index contributed by atoms with van der Waals surface area (Å²) in [6, 6.07) is 8.83. The van der Waals surface area contributed by atoms with Crippen LogP contribution in [0.15, 0.2) is 30.3 Å². The van der Waals surface area contributed by atoms with Crippen molar-refractivity contribution in [3.05, 3.63) is 35.9 Å². The average molecular weight is 208 g/mol. The second-order valence-electron chi connectivity index (χ2n) is 3.37. The van der Waals surface area contributed by atoms with Crippen molar-refractivity contribution >= 4 is 5.97 Å². The lowest BCUT2D eigenvalue weighted by Gasteiger charge is -2.22. The van der Waals surface area contributed by atoms with E-state index in [1.54, 1.807) is 0 Å². The van der Waals surface area contributed by atoms with E-state index in [0.717, 1.165) is 5.56 Å². The number of carboxylic acid groups (broad SMARTS) is 1. The largest absolute Gasteiger partial charge is 0.480 e. The Morgan fingerprint density at radius 1 is 1.47 bits per heavy atom. The van der Waals surface area contributed by atoms with Crippen LogP contribution in [0.1, 0.15) is 12.5 Å². The lowest BCUT2D eigenvalue weighted by Crippen LogP contribution is -2.47. The number of rotatable bonds is 5. The highest BCUT2D eigenvalue weighted by atomic mass is 16.4. The van der Waals surface area contributed by atoms with Gasteiger partial charge in [0.05, 0.1) is 0 Å². The molecule has 4 nitrogen and oxygen atoms in total. The smallest absolute Gasteiger partial charge is 0.322 e. The standard InChI is InChI=1S/C11H16N2O2/c1-2-13(12)10(11(14)15)8-9-6-4-3-5-7-9/h3-7,10H,2,8,12H2,1H3,(H,14,15)/t10-/m1/s1. The van der Waals surface area contributed by atoms with Gasteiger partial charge in [0.1, 0.15) is 6.04 Å². The Hall–Kier alpha value is -1.39. The highest BCUT2D eigenvalue weighted by Gasteiger charge is 2.22. The normalized spacial score (nSPS) is 12.7. The Morgan fingerprint density at radius 2 is 2.07 bits per heavy atom. The lowest BCUT2D eigenvalue weighted by atomic mass is 10.1. The third kappa shape index (κ3) is 3.34. The molecule has 4 heteroatoms. The molecule has 82 valence electrons. The van der Waals surface area contributed by atoms with E-state index in [4.69, 9.17) is 10.9 Å². The van der Waals surface area contributed by atoms with Crippen molar-refractivity contribution in [2.24, 2.45) is 5.84 Å². The molecule has 0 aliphatic carbocycles. The maximum Gasteiger partial charge on any atom is 0.322 e. The number of nitrogens with two attached hydrogens (primary N) is 1. The first kappa shape index (κ1) is 11.7. The summed E-state index contributed by atoms with van der Waals surface area (Å²) in [4.78, 5) is 11.0. The average Bonchev–Trinajstić information content (AvgIpc) is 2.26. The zero-order chi connectivity index (χ0) is 11.3. The van der Waals surface area contributed by atoms with E-state index in [9.17, 15) is 4.79 Å². The molecule has 0 bridgehead atoms. The molecular formula is C11H16N2O2. The fourth-order valence-corrected chi connectivity index (χ4v) is 1.40. The van der Waals surface area contributed by atoms with Crippen molar-refractivity contribution in [1.82, 2.24) is 5.01 Å². The number of carbonyl (C=O) groups is 1. The summed E-state index contributed by atoms with van der Waals surface area (Å²) in [7, 11) is 0. The molecule has 1 aromatic rings. The van der Waals surface area contributed by atoms with E-state index >= 15 is 0 Å². The Kier molecular flexibility index (Phi) is 4.27. The molecule has 0 fully saturated rings. The van der Waals surface area contributed by atoms with Gasteiger partial charge in [0.25, 0.3) is 0 Å². The van der Waals surface area contributed by atoms with Crippen molar-refractivity contribution in [2.45, 2.75) is 19.4 Å². The van der Waals surface area contributed by atoms with Crippen molar-refractivity contribution in [2.75, 3.05) is 6.54 Å². The molecule has 0 radical (unpaired) electrons. The quantitative estimate of drug-likeness (QED) is 0.557. The van der Waals surface area contributed by atoms with Gasteiger partial charge in [0.15, 0.2) is 0 Å². The minimum atomic E-state index is -0.886. The SMILES string of the molecule is CCN(N)[C@H](Cc1ccccc1)C(=O)O. The van der Waals surface area contributed by atoms with Crippen molar-refractivity contribution in [3.63, 3.8) is 0 Å². The van der Waals surface area contributed by atoms with Crippen LogP contribution < -0.4 is 5.84 Å². The van der Waals surface area contributed by atoms with Crippen LogP contribution in [0.5, 0.6) is 0 Å². The first-order chi connectivity index (χ1) is 7.15. The summed E-state index contributed by atoms with van der Waals surface area (Å²) in [5, 5.41) is 10.4. The lowest BCUT2D eigenvalue weighted by molar-refractivity contribution is -0.143. The highest BCUT2D eigenvalue weighted by molar-refractivity contribution is 5.73. The van der Waals surface area contributed by atoms with E-state index in [-0.39, 0.29) is 0 Å². The van der Waals surface area contributed by atoms with Crippen LogP contribution in [0.3, 0.4) is 0 Å². The second-order valence-corrected chi connectivity index (χ2v) is 3.37. The van der Waals surface area contributed by atoms with Crippen molar-refractivity contribution < 1.29 is 9.90 Å². The van der Waals surface area contributed by atoms with Gasteiger partial charge in [-0.3, -0.25) is 10.6 Å². The van der Waals surface area contributed by atoms with Crippen LogP contribution in [-0.2, 0) is 11.2 Å². The van der Waals surface area contributed by atoms with Gasteiger partial charge in [0.2, 0.25) is 0 Å². The molecule has 0 aromatic heterocycles. The molecule has 1 aromatic carbocycles. The Labute approximate surface area is 89.3 Å². The summed E-state index contributed by atoms with van der Waals surface area (Å²) < 4.78 is 0. The number of benzene rings is 1. The van der Waals surface area contributed by atoms with E-state index in [1.165, 1.54) is 5.01 Å². The topological polar surface area (TPSA) is 66.6 Å². The summed E-state index contributed by atoms with van der Waals surface area (Å²) in [6.07, 6.45) is 0.431. The van der Waals surface area contributed by atoms with E-state index < -0.39 is 12.0 Å². The minimum Gasteiger partial charge on any atom is -0.480 e. The summed E-state index contributed by atoms with van der Waals surface area (Å²) in [5.41, 5.74) is 0.980. The molecular weight excluding hydrogens is 192 g/mol. The van der Waals surface area contributed by atoms with Gasteiger partial charge >= 0.3 is 5.97 Å². The maximum atomic E-state index is 11.0. The number of hydrazine groups is 1. The van der Waals surface area contributed by atoms with Crippen LogP contribution in [-0.4, -0.2) is 28.7 Å². The maximum absolute atomic E-state index is 11.0. The van der Waals surface area contributed by atoms with Crippen molar-refractivity contribution in [3.8, 4) is 0 Å². The van der Waals surface area contributed by atoms with E-state index in [1.807, 2.05) is 37.3 Å². The van der Waals surface area contributed by atoms with E-state index in [0.29, 0.717) is 13.0 Å². The summed E-state index contributed by atoms with van der Waals surface area (Å²) in [5.74, 6) is 4.73. The molecule has 0 aliphatic heterocycles. The second kappa shape index (κ2) is 5.48. The van der Waals surface area contributed by atoms with Crippen LogP contribution >= 0.6 is 0 Å². The predicted molar refractivity (Wildman–Crippen MR) is 58.1 cm³/mol. The molecule has 0 unspecified atom stereocenters. The molecule has 1 atom stereocenters. The van der Waals surface area contributed by atoms with Crippen LogP contribution in [0, 0.1) is 0 Å². The first-order valence-electron chi connectivity index (χ1n) is 4.93. The monoisotopic (exact) mass is 208 g/mol. The Bertz CT molecular complexity index is 314. The van der Waals surface area contributed by atoms with Gasteiger partial charge in [-0.05, 0) is 12.0 Å². The van der Waals surface area contributed by atoms with Crippen LogP contribution in [0.2, 0.25) is 0 Å². The van der Waals surface area contributed by atoms with Gasteiger partial charge in [-0.2, -0.15) is 0 Å². The van der Waals surface area contributed by atoms with Crippen molar-refractivity contribution in [1.29, 1.82) is 0 Å². The number of likely N-dealkylation sites (N-methyl/N-ethyl adjacent to an activating group) is 1. The van der Waals surface area contributed by atoms with Gasteiger partial charge in [-0.1, -0.05) is 37.3 Å². The number of aliphatic carboxylic acids is 1. The van der Waals surface area contributed by atoms with Gasteiger partial charge < -0.3 is 5.11 Å². The van der Waals surface area contributed by atoms with Crippen LogP contribution in [0.25, 0.3) is 0 Å². The minimum absolute atomic E-state index is 0.431. The van der Waals surface area contributed by atoms with Gasteiger partial charge in [-0.25, -0.2) is 5.01 Å². The Morgan fingerprint density at radius 3 is 2.53 bits per heavy atom. The zero-order valence-corrected chi connectivity index (χ0v) is 8.76. The molecule has 0 spiro atoms. The Balaban J connectivity index is 2.71. The molecule has 0 saturated carbocycles. The third-order valence-electron chi connectivity index (χ3n) is 2.32. The first-order valence-corrected chi connectivity index (χ1v) is 4.93. The number of nitrogens with zero attached hydrogens (tertiary/aromatic N) is 1. The molecule has 0 aliphatic rings. The highest BCUT2D eigenvalue weighted by Crippen LogP contribution is 2.06. The third-order valence-corrected chi connectivity index (χ3v) is 2.32. The summed E-state index contributed by atoms with van der Waals surface area (Å²) >= 11 is 0. The molecule has 0 saturated heterocycles.